The van der Waals surface area contributed by atoms with Gasteiger partial charge < -0.3 is 15.0 Å². The zero-order chi connectivity index (χ0) is 19.4. The van der Waals surface area contributed by atoms with Crippen LogP contribution in [0.3, 0.4) is 0 Å². The molecule has 0 saturated carbocycles. The van der Waals surface area contributed by atoms with Crippen LogP contribution in [0, 0.1) is 5.41 Å². The van der Waals surface area contributed by atoms with E-state index in [0.29, 0.717) is 18.7 Å². The number of hydrogen-bond acceptors (Lipinski definition) is 4. The van der Waals surface area contributed by atoms with Gasteiger partial charge in [0.25, 0.3) is 5.91 Å². The molecule has 2 heterocycles. The van der Waals surface area contributed by atoms with Crippen molar-refractivity contribution in [3.63, 3.8) is 0 Å². The van der Waals surface area contributed by atoms with Gasteiger partial charge in [0.2, 0.25) is 0 Å². The fourth-order valence-electron chi connectivity index (χ4n) is 2.91. The number of carbonyl (C=O) groups is 1. The summed E-state index contributed by atoms with van der Waals surface area (Å²) in [6.07, 6.45) is 4.05. The molecule has 0 aliphatic heterocycles. The molecule has 0 spiro atoms. The molecule has 0 radical (unpaired) electrons. The van der Waals surface area contributed by atoms with Crippen molar-refractivity contribution in [2.45, 2.75) is 24.5 Å². The lowest BCUT2D eigenvalue weighted by molar-refractivity contribution is 0.0740. The van der Waals surface area contributed by atoms with Crippen molar-refractivity contribution < 1.29 is 4.79 Å². The molecule has 0 unspecified atom stereocenters. The molecule has 0 aliphatic carbocycles. The number of imidazole rings is 1. The average Bonchev–Trinajstić information content (AvgIpc) is 3.09. The van der Waals surface area contributed by atoms with Gasteiger partial charge in [-0.3, -0.25) is 4.79 Å². The van der Waals surface area contributed by atoms with Crippen molar-refractivity contribution in [3.8, 4) is 0 Å². The number of nitrogens with zero attached hydrogens (tertiary/aromatic N) is 3. The van der Waals surface area contributed by atoms with Gasteiger partial charge in [0.1, 0.15) is 5.65 Å². The second-order valence-corrected chi connectivity index (χ2v) is 8.59. The van der Waals surface area contributed by atoms with Crippen LogP contribution in [-0.4, -0.2) is 40.3 Å². The number of thioether (sulfide) groups is 1. The van der Waals surface area contributed by atoms with E-state index < -0.39 is 0 Å². The lowest BCUT2D eigenvalue weighted by atomic mass is 9.93. The zero-order valence-corrected chi connectivity index (χ0v) is 19.3. The molecule has 0 saturated heterocycles. The number of halogens is 2. The number of aromatic nitrogens is 2. The van der Waals surface area contributed by atoms with Crippen molar-refractivity contribution in [1.82, 2.24) is 14.3 Å². The van der Waals surface area contributed by atoms with E-state index in [-0.39, 0.29) is 36.1 Å². The molecule has 1 amide bonds. The first-order chi connectivity index (χ1) is 12.9. The van der Waals surface area contributed by atoms with Crippen molar-refractivity contribution in [1.29, 1.82) is 0 Å². The lowest BCUT2D eigenvalue weighted by Gasteiger charge is -2.29. The second-order valence-electron chi connectivity index (χ2n) is 7.54. The molecule has 2 N–H and O–H groups in total. The maximum absolute atomic E-state index is 12.6. The van der Waals surface area contributed by atoms with Gasteiger partial charge in [0, 0.05) is 42.2 Å². The monoisotopic (exact) mass is 454 g/mol. The van der Waals surface area contributed by atoms with Gasteiger partial charge in [-0.25, -0.2) is 4.98 Å². The molecule has 3 rings (SSSR count). The molecule has 5 nitrogen and oxygen atoms in total. The standard InChI is InChI=1S/C21H26N4OS.2ClH/c1-21(2,14-22)15-24(3)20(26)16-7-9-18(10-8-16)27-13-17-12-25-11-5-4-6-19(25)23-17;;/h4-12H,13-15,22H2,1-3H3;2*1H. The van der Waals surface area contributed by atoms with Gasteiger partial charge >= 0.3 is 0 Å². The van der Waals surface area contributed by atoms with Crippen molar-refractivity contribution >= 4 is 48.1 Å². The highest BCUT2D eigenvalue weighted by Crippen LogP contribution is 2.24. The van der Waals surface area contributed by atoms with E-state index in [0.717, 1.165) is 22.0 Å². The summed E-state index contributed by atoms with van der Waals surface area (Å²) in [6.45, 7) is 5.31. The molecule has 158 valence electrons. The molecule has 29 heavy (non-hydrogen) atoms. The average molecular weight is 455 g/mol. The third-order valence-electron chi connectivity index (χ3n) is 4.47. The van der Waals surface area contributed by atoms with Crippen molar-refractivity contribution in [2.24, 2.45) is 11.1 Å². The molecular formula is C21H28Cl2N4OS. The Labute approximate surface area is 188 Å². The molecular weight excluding hydrogens is 427 g/mol. The normalized spacial score (nSPS) is 10.9. The predicted octanol–water partition coefficient (Wildman–Crippen LogP) is 4.53. The van der Waals surface area contributed by atoms with Crippen molar-refractivity contribution in [2.75, 3.05) is 20.1 Å². The van der Waals surface area contributed by atoms with E-state index in [1.165, 1.54) is 0 Å². The Kier molecular flexibility index (Phi) is 9.49. The highest BCUT2D eigenvalue weighted by molar-refractivity contribution is 7.98. The molecule has 0 atom stereocenters. The minimum Gasteiger partial charge on any atom is -0.341 e. The Hall–Kier alpha value is -1.73. The molecule has 3 aromatic rings. The fourth-order valence-corrected chi connectivity index (χ4v) is 3.69. The van der Waals surface area contributed by atoms with Gasteiger partial charge in [0.15, 0.2) is 0 Å². The third-order valence-corrected chi connectivity index (χ3v) is 5.51. The Bertz CT molecular complexity index is 895. The second kappa shape index (κ2) is 10.9. The van der Waals surface area contributed by atoms with Crippen LogP contribution < -0.4 is 5.73 Å². The number of hydrogen-bond donors (Lipinski definition) is 1. The van der Waals surface area contributed by atoms with Crippen LogP contribution in [0.25, 0.3) is 5.65 Å². The largest absolute Gasteiger partial charge is 0.341 e. The zero-order valence-electron chi connectivity index (χ0n) is 16.9. The molecule has 0 fully saturated rings. The Morgan fingerprint density at radius 3 is 2.48 bits per heavy atom. The summed E-state index contributed by atoms with van der Waals surface area (Å²) in [6, 6.07) is 13.7. The Balaban J connectivity index is 0.00000210. The first kappa shape index (κ1) is 25.3. The van der Waals surface area contributed by atoms with Gasteiger partial charge in [-0.2, -0.15) is 0 Å². The quantitative estimate of drug-likeness (QED) is 0.532. The summed E-state index contributed by atoms with van der Waals surface area (Å²) >= 11 is 1.71. The first-order valence-corrected chi connectivity index (χ1v) is 9.97. The molecule has 2 aromatic heterocycles. The Morgan fingerprint density at radius 1 is 1.17 bits per heavy atom. The SMILES string of the molecule is CN(CC(C)(C)CN)C(=O)c1ccc(SCc2cn3ccccc3n2)cc1.Cl.Cl. The van der Waals surface area contributed by atoms with Crippen LogP contribution in [0.15, 0.2) is 59.8 Å². The number of rotatable bonds is 7. The van der Waals surface area contributed by atoms with Gasteiger partial charge in [0.05, 0.1) is 5.69 Å². The summed E-state index contributed by atoms with van der Waals surface area (Å²) in [5.74, 6) is 0.813. The summed E-state index contributed by atoms with van der Waals surface area (Å²) in [5.41, 5.74) is 8.37. The van der Waals surface area contributed by atoms with E-state index in [2.05, 4.69) is 18.8 Å². The van der Waals surface area contributed by atoms with Crippen LogP contribution in [0.2, 0.25) is 0 Å². The number of pyridine rings is 1. The molecule has 0 aliphatic rings. The topological polar surface area (TPSA) is 63.6 Å². The summed E-state index contributed by atoms with van der Waals surface area (Å²) in [5, 5.41) is 0. The number of nitrogens with two attached hydrogens (primary N) is 1. The number of amides is 1. The number of carbonyl (C=O) groups excluding carboxylic acids is 1. The Morgan fingerprint density at radius 2 is 1.86 bits per heavy atom. The van der Waals surface area contributed by atoms with Gasteiger partial charge in [-0.05, 0) is 48.4 Å². The molecule has 1 aromatic carbocycles. The minimum absolute atomic E-state index is 0. The van der Waals surface area contributed by atoms with E-state index in [9.17, 15) is 4.79 Å². The van der Waals surface area contributed by atoms with Crippen LogP contribution in [0.5, 0.6) is 0 Å². The van der Waals surface area contributed by atoms with Crippen LogP contribution in [-0.2, 0) is 5.75 Å². The predicted molar refractivity (Wildman–Crippen MR) is 125 cm³/mol. The van der Waals surface area contributed by atoms with Gasteiger partial charge in [-0.1, -0.05) is 19.9 Å². The number of benzene rings is 1. The smallest absolute Gasteiger partial charge is 0.253 e. The van der Waals surface area contributed by atoms with E-state index >= 15 is 0 Å². The highest BCUT2D eigenvalue weighted by atomic mass is 35.5. The first-order valence-electron chi connectivity index (χ1n) is 8.99. The maximum atomic E-state index is 12.6. The van der Waals surface area contributed by atoms with E-state index in [4.69, 9.17) is 5.73 Å². The van der Waals surface area contributed by atoms with Crippen LogP contribution >= 0.6 is 36.6 Å². The highest BCUT2D eigenvalue weighted by Gasteiger charge is 2.21. The summed E-state index contributed by atoms with van der Waals surface area (Å²) < 4.78 is 2.02. The summed E-state index contributed by atoms with van der Waals surface area (Å²) in [7, 11) is 1.83. The lowest BCUT2D eigenvalue weighted by Crippen LogP contribution is -2.39. The minimum atomic E-state index is -0.0890. The van der Waals surface area contributed by atoms with E-state index in [1.807, 2.05) is 66.3 Å². The van der Waals surface area contributed by atoms with E-state index in [1.54, 1.807) is 16.7 Å². The van der Waals surface area contributed by atoms with Crippen molar-refractivity contribution in [3.05, 3.63) is 66.1 Å². The molecule has 8 heteroatoms. The number of fused-ring (bicyclic) bond motifs is 1. The maximum Gasteiger partial charge on any atom is 0.253 e. The van der Waals surface area contributed by atoms with Gasteiger partial charge in [-0.15, -0.1) is 36.6 Å². The molecule has 0 bridgehead atoms. The van der Waals surface area contributed by atoms with Crippen LogP contribution in [0.1, 0.15) is 29.9 Å². The fraction of sp³-hybridized carbons (Fsp3) is 0.333. The summed E-state index contributed by atoms with van der Waals surface area (Å²) in [4.78, 5) is 20.1. The van der Waals surface area contributed by atoms with Crippen LogP contribution in [0.4, 0.5) is 0 Å². The third kappa shape index (κ3) is 6.64.